The van der Waals surface area contributed by atoms with E-state index in [1.54, 1.807) is 0 Å². The zero-order chi connectivity index (χ0) is 32.4. The van der Waals surface area contributed by atoms with Crippen molar-refractivity contribution in [3.63, 3.8) is 0 Å². The van der Waals surface area contributed by atoms with Gasteiger partial charge in [0.25, 0.3) is 11.8 Å². The molecule has 0 saturated carbocycles. The molecule has 3 aromatic carbocycles. The molecule has 0 aliphatic rings. The largest absolute Gasteiger partial charge is 0.484 e. The summed E-state index contributed by atoms with van der Waals surface area (Å²) in [5.74, 6) is -3.54. The number of carbonyl (C=O) groups is 2. The number of nitrogens with zero attached hydrogens (tertiary/aromatic N) is 1. The fourth-order valence-electron chi connectivity index (χ4n) is 2.87. The number of nitro groups is 1. The predicted octanol–water partition coefficient (Wildman–Crippen LogP) is 5.33. The molecule has 3 aromatic rings. The highest BCUT2D eigenvalue weighted by molar-refractivity contribution is 5.96. The van der Waals surface area contributed by atoms with E-state index in [2.05, 4.69) is 9.47 Å². The van der Waals surface area contributed by atoms with Crippen LogP contribution < -0.4 is 25.2 Å². The molecule has 0 saturated heterocycles. The Kier molecular flexibility index (Phi) is 11.6. The van der Waals surface area contributed by atoms with Crippen LogP contribution in [0.15, 0.2) is 60.7 Å². The van der Waals surface area contributed by atoms with Crippen LogP contribution in [0.4, 0.5) is 36.4 Å². The van der Waals surface area contributed by atoms with E-state index in [0.717, 1.165) is 35.8 Å². The third-order valence-electron chi connectivity index (χ3n) is 4.65. The highest BCUT2D eigenvalue weighted by Gasteiger charge is 2.30. The molecule has 19 heteroatoms. The third kappa shape index (κ3) is 11.3. The number of benzene rings is 3. The summed E-state index contributed by atoms with van der Waals surface area (Å²) < 4.78 is 99.0. The lowest BCUT2D eigenvalue weighted by atomic mass is 10.2. The van der Waals surface area contributed by atoms with Crippen molar-refractivity contribution in [2.45, 2.75) is 12.4 Å². The molecule has 0 fully saturated rings. The van der Waals surface area contributed by atoms with Gasteiger partial charge in [0.05, 0.1) is 10.5 Å². The Morgan fingerprint density at radius 2 is 1.30 bits per heavy atom. The van der Waals surface area contributed by atoms with Crippen molar-refractivity contribution in [3.8, 4) is 23.0 Å². The second-order valence-electron chi connectivity index (χ2n) is 7.84. The number of alkyl halides is 6. The van der Waals surface area contributed by atoms with Crippen LogP contribution in [0.2, 0.25) is 0 Å². The molecule has 0 aliphatic heterocycles. The molecule has 0 radical (unpaired) electrons. The number of carbonyl (C=O) groups excluding carboxylic acids is 2. The van der Waals surface area contributed by atoms with Crippen LogP contribution in [0.5, 0.6) is 23.0 Å². The highest BCUT2D eigenvalue weighted by Crippen LogP contribution is 2.32. The SMILES string of the molecule is O=C(NO)c1cc(OCC(F)(F)F)ccc1OCC(F)(F)F.O=C(NO)c1ccc(Oc2ccc(F)cc2)c([N+](=O)[O-])c1. The van der Waals surface area contributed by atoms with Crippen LogP contribution in [-0.4, -0.2) is 52.7 Å². The van der Waals surface area contributed by atoms with Crippen molar-refractivity contribution >= 4 is 17.5 Å². The molecule has 43 heavy (non-hydrogen) atoms. The summed E-state index contributed by atoms with van der Waals surface area (Å²) in [5, 5.41) is 28.0. The average molecular weight is 625 g/mol. The van der Waals surface area contributed by atoms with Gasteiger partial charge in [0.2, 0.25) is 5.75 Å². The molecule has 0 spiro atoms. The first-order chi connectivity index (χ1) is 20.0. The number of halogens is 7. The molecule has 4 N–H and O–H groups in total. The maximum atomic E-state index is 12.8. The first-order valence-corrected chi connectivity index (χ1v) is 11.2. The summed E-state index contributed by atoms with van der Waals surface area (Å²) in [5.41, 5.74) is 1.34. The van der Waals surface area contributed by atoms with Gasteiger partial charge in [0.15, 0.2) is 13.2 Å². The Labute approximate surface area is 235 Å². The average Bonchev–Trinajstić information content (AvgIpc) is 2.95. The number of nitrogens with one attached hydrogen (secondary N) is 2. The molecule has 12 nitrogen and oxygen atoms in total. The molecule has 0 unspecified atom stereocenters. The van der Waals surface area contributed by atoms with Crippen molar-refractivity contribution in [3.05, 3.63) is 87.7 Å². The Bertz CT molecular complexity index is 1430. The van der Waals surface area contributed by atoms with Gasteiger partial charge in [-0.25, -0.2) is 15.4 Å². The van der Waals surface area contributed by atoms with Gasteiger partial charge in [-0.1, -0.05) is 0 Å². The molecule has 0 aliphatic carbocycles. The first kappa shape index (κ1) is 34.0. The minimum atomic E-state index is -4.68. The number of hydrogen-bond donors (Lipinski definition) is 4. The quantitative estimate of drug-likeness (QED) is 0.106. The summed E-state index contributed by atoms with van der Waals surface area (Å²) in [6.45, 7) is -3.38. The molecule has 0 bridgehead atoms. The molecule has 0 heterocycles. The zero-order valence-corrected chi connectivity index (χ0v) is 21.0. The van der Waals surface area contributed by atoms with Crippen LogP contribution in [0.1, 0.15) is 20.7 Å². The molecule has 0 aromatic heterocycles. The smallest absolute Gasteiger partial charge is 0.422 e. The second-order valence-corrected chi connectivity index (χ2v) is 7.84. The number of hydrogen-bond acceptors (Lipinski definition) is 9. The van der Waals surface area contributed by atoms with E-state index in [1.165, 1.54) is 29.7 Å². The maximum Gasteiger partial charge on any atom is 0.422 e. The van der Waals surface area contributed by atoms with Gasteiger partial charge in [-0.15, -0.1) is 0 Å². The lowest BCUT2D eigenvalue weighted by molar-refractivity contribution is -0.385. The van der Waals surface area contributed by atoms with Gasteiger partial charge in [0.1, 0.15) is 23.1 Å². The van der Waals surface area contributed by atoms with Crippen molar-refractivity contribution in [1.29, 1.82) is 0 Å². The summed E-state index contributed by atoms with van der Waals surface area (Å²) in [6, 6.07) is 10.8. The summed E-state index contributed by atoms with van der Waals surface area (Å²) in [6.07, 6.45) is -9.32. The second kappa shape index (κ2) is 14.6. The Hall–Kier alpha value is -5.17. The van der Waals surface area contributed by atoms with Gasteiger partial charge >= 0.3 is 18.0 Å². The number of amides is 2. The predicted molar refractivity (Wildman–Crippen MR) is 128 cm³/mol. The highest BCUT2D eigenvalue weighted by atomic mass is 19.4. The molecular weight excluding hydrogens is 607 g/mol. The first-order valence-electron chi connectivity index (χ1n) is 11.2. The Morgan fingerprint density at radius 1 is 0.767 bits per heavy atom. The molecule has 0 atom stereocenters. The van der Waals surface area contributed by atoms with Gasteiger partial charge in [0, 0.05) is 11.6 Å². The number of ether oxygens (including phenoxy) is 3. The maximum absolute atomic E-state index is 12.8. The normalized spacial score (nSPS) is 11.0. The van der Waals surface area contributed by atoms with E-state index in [1.807, 2.05) is 0 Å². The zero-order valence-electron chi connectivity index (χ0n) is 21.0. The minimum absolute atomic E-state index is 0.101. The summed E-state index contributed by atoms with van der Waals surface area (Å²) in [4.78, 5) is 32.8. The summed E-state index contributed by atoms with van der Waals surface area (Å²) in [7, 11) is 0. The van der Waals surface area contributed by atoms with Crippen LogP contribution in [-0.2, 0) is 0 Å². The van der Waals surface area contributed by atoms with E-state index in [-0.39, 0.29) is 17.1 Å². The van der Waals surface area contributed by atoms with Gasteiger partial charge in [-0.3, -0.25) is 30.1 Å². The molecule has 232 valence electrons. The van der Waals surface area contributed by atoms with E-state index in [0.29, 0.717) is 6.07 Å². The van der Waals surface area contributed by atoms with Crippen molar-refractivity contribution in [2.24, 2.45) is 0 Å². The van der Waals surface area contributed by atoms with Gasteiger partial charge in [-0.05, 0) is 54.6 Å². The third-order valence-corrected chi connectivity index (χ3v) is 4.65. The fraction of sp³-hybridized carbons (Fsp3) is 0.167. The lowest BCUT2D eigenvalue weighted by Gasteiger charge is -2.14. The van der Waals surface area contributed by atoms with Gasteiger partial charge < -0.3 is 14.2 Å². The Morgan fingerprint density at radius 3 is 1.84 bits per heavy atom. The van der Waals surface area contributed by atoms with Crippen molar-refractivity contribution in [1.82, 2.24) is 11.0 Å². The van der Waals surface area contributed by atoms with E-state index < -0.39 is 70.9 Å². The summed E-state index contributed by atoms with van der Waals surface area (Å²) >= 11 is 0. The van der Waals surface area contributed by atoms with Crippen LogP contribution >= 0.6 is 0 Å². The van der Waals surface area contributed by atoms with E-state index in [9.17, 15) is 50.4 Å². The van der Waals surface area contributed by atoms with E-state index >= 15 is 0 Å². The molecule has 2 amide bonds. The number of nitro benzene ring substituents is 1. The molecular formula is C24H18F7N3O9. The number of rotatable bonds is 9. The van der Waals surface area contributed by atoms with Crippen LogP contribution in [0, 0.1) is 15.9 Å². The minimum Gasteiger partial charge on any atom is -0.484 e. The van der Waals surface area contributed by atoms with Crippen LogP contribution in [0.25, 0.3) is 0 Å². The standard InChI is InChI=1S/C13H9FN2O5.C11H9F6NO4/c14-9-2-4-10(5-3-9)21-12-6-1-8(13(17)15-18)7-11(12)16(19)20;12-10(13,14)4-21-6-1-2-8(22-5-11(15,16)17)7(3-6)9(19)18-20/h1-7,18H,(H,15,17);1-3,20H,4-5H2,(H,18,19). The fourth-order valence-corrected chi connectivity index (χ4v) is 2.87. The van der Waals surface area contributed by atoms with Crippen molar-refractivity contribution in [2.75, 3.05) is 13.2 Å². The molecule has 3 rings (SSSR count). The van der Waals surface area contributed by atoms with Crippen LogP contribution in [0.3, 0.4) is 0 Å². The Balaban J connectivity index is 0.000000300. The number of hydroxylamine groups is 2. The van der Waals surface area contributed by atoms with Crippen molar-refractivity contribution < 1.29 is 69.9 Å². The van der Waals surface area contributed by atoms with Gasteiger partial charge in [-0.2, -0.15) is 26.3 Å². The monoisotopic (exact) mass is 625 g/mol. The lowest BCUT2D eigenvalue weighted by Crippen LogP contribution is -2.23. The topological polar surface area (TPSA) is 169 Å². The van der Waals surface area contributed by atoms with E-state index in [4.69, 9.17) is 15.2 Å².